The Kier molecular flexibility index (Phi) is 4.56. The smallest absolute Gasteiger partial charge is 0.309 e. The monoisotopic (exact) mass is 288 g/mol. The maximum atomic E-state index is 11.5. The number of nitrogens with zero attached hydrogens (tertiary/aromatic N) is 1. The first kappa shape index (κ1) is 14.5. The molecule has 1 unspecified atom stereocenters. The summed E-state index contributed by atoms with van der Waals surface area (Å²) in [5.41, 5.74) is 2.27. The summed E-state index contributed by atoms with van der Waals surface area (Å²) in [7, 11) is 1.44. The highest BCUT2D eigenvalue weighted by Gasteiger charge is 2.34. The van der Waals surface area contributed by atoms with Gasteiger partial charge in [-0.1, -0.05) is 24.3 Å². The summed E-state index contributed by atoms with van der Waals surface area (Å²) >= 11 is 0. The van der Waals surface area contributed by atoms with Gasteiger partial charge >= 0.3 is 5.97 Å². The van der Waals surface area contributed by atoms with E-state index in [9.17, 15) is 4.79 Å². The number of rotatable bonds is 6. The molecule has 0 amide bonds. The van der Waals surface area contributed by atoms with Crippen LogP contribution in [0, 0.1) is 0 Å². The van der Waals surface area contributed by atoms with Gasteiger partial charge in [-0.15, -0.1) is 0 Å². The molecule has 114 valence electrons. The summed E-state index contributed by atoms with van der Waals surface area (Å²) in [6, 6.07) is 9.56. The van der Waals surface area contributed by atoms with E-state index in [0.717, 1.165) is 18.2 Å². The fourth-order valence-electron chi connectivity index (χ4n) is 3.11. The summed E-state index contributed by atoms with van der Waals surface area (Å²) in [4.78, 5) is 14.1. The Morgan fingerprint density at radius 3 is 2.76 bits per heavy atom. The average molecular weight is 288 g/mol. The molecular formula is C17H24N2O2. The highest BCUT2D eigenvalue weighted by Crippen LogP contribution is 2.29. The van der Waals surface area contributed by atoms with E-state index in [2.05, 4.69) is 16.3 Å². The largest absolute Gasteiger partial charge is 0.469 e. The average Bonchev–Trinajstić information content (AvgIpc) is 3.25. The number of esters is 1. The predicted molar refractivity (Wildman–Crippen MR) is 82.0 cm³/mol. The lowest BCUT2D eigenvalue weighted by atomic mass is 10.0. The van der Waals surface area contributed by atoms with Crippen LogP contribution in [-0.4, -0.2) is 43.2 Å². The fraction of sp³-hybridized carbons (Fsp3) is 0.588. The second-order valence-electron chi connectivity index (χ2n) is 6.11. The Bertz CT molecular complexity index is 499. The summed E-state index contributed by atoms with van der Waals surface area (Å²) < 4.78 is 4.77. The number of benzene rings is 1. The van der Waals surface area contributed by atoms with Crippen molar-refractivity contribution in [1.29, 1.82) is 0 Å². The molecule has 1 aromatic rings. The molecule has 1 N–H and O–H groups in total. The molecule has 0 radical (unpaired) electrons. The highest BCUT2D eigenvalue weighted by atomic mass is 16.5. The van der Waals surface area contributed by atoms with Crippen molar-refractivity contribution in [2.24, 2.45) is 0 Å². The van der Waals surface area contributed by atoms with Crippen molar-refractivity contribution in [1.82, 2.24) is 10.2 Å². The third-order valence-corrected chi connectivity index (χ3v) is 4.54. The fourth-order valence-corrected chi connectivity index (χ4v) is 3.11. The molecule has 1 aromatic carbocycles. The van der Waals surface area contributed by atoms with Crippen molar-refractivity contribution < 1.29 is 9.53 Å². The van der Waals surface area contributed by atoms with Crippen molar-refractivity contribution >= 4 is 5.97 Å². The number of carbonyl (C=O) groups is 1. The Morgan fingerprint density at radius 1 is 1.29 bits per heavy atom. The highest BCUT2D eigenvalue weighted by molar-refractivity contribution is 5.72. The molecule has 21 heavy (non-hydrogen) atoms. The van der Waals surface area contributed by atoms with E-state index in [-0.39, 0.29) is 5.97 Å². The molecule has 1 aliphatic heterocycles. The summed E-state index contributed by atoms with van der Waals surface area (Å²) in [5, 5.41) is 3.65. The molecule has 0 spiro atoms. The minimum atomic E-state index is -0.178. The Labute approximate surface area is 126 Å². The molecule has 0 aromatic heterocycles. The predicted octanol–water partition coefficient (Wildman–Crippen LogP) is 1.73. The molecule has 4 heteroatoms. The van der Waals surface area contributed by atoms with Crippen LogP contribution in [0.25, 0.3) is 0 Å². The number of hydrogen-bond donors (Lipinski definition) is 1. The number of likely N-dealkylation sites (tertiary alicyclic amines) is 1. The lowest BCUT2D eigenvalue weighted by Gasteiger charge is -2.17. The van der Waals surface area contributed by atoms with Gasteiger partial charge < -0.3 is 10.1 Å². The molecule has 1 saturated heterocycles. The lowest BCUT2D eigenvalue weighted by molar-refractivity contribution is -0.139. The van der Waals surface area contributed by atoms with Crippen molar-refractivity contribution in [2.75, 3.05) is 20.2 Å². The molecule has 4 nitrogen and oxygen atoms in total. The van der Waals surface area contributed by atoms with Gasteiger partial charge in [0.05, 0.1) is 13.5 Å². The first-order valence-electron chi connectivity index (χ1n) is 7.87. The van der Waals surface area contributed by atoms with E-state index in [1.165, 1.54) is 45.0 Å². The first-order valence-corrected chi connectivity index (χ1v) is 7.87. The van der Waals surface area contributed by atoms with Crippen LogP contribution < -0.4 is 5.32 Å². The van der Waals surface area contributed by atoms with Crippen molar-refractivity contribution in [2.45, 2.75) is 44.3 Å². The molecule has 0 bridgehead atoms. The standard InChI is InChI=1S/C17H24N2O2/c1-21-17(20)10-13-4-2-3-5-14(13)11-18-15-8-9-19(12-15)16-6-7-16/h2-5,15-16,18H,6-12H2,1H3. The zero-order chi connectivity index (χ0) is 14.7. The quantitative estimate of drug-likeness (QED) is 0.810. The van der Waals surface area contributed by atoms with Gasteiger partial charge in [0.2, 0.25) is 0 Å². The lowest BCUT2D eigenvalue weighted by Crippen LogP contribution is -2.33. The van der Waals surface area contributed by atoms with Crippen LogP contribution in [0.2, 0.25) is 0 Å². The molecule has 1 aliphatic carbocycles. The summed E-state index contributed by atoms with van der Waals surface area (Å²) in [5.74, 6) is -0.178. The van der Waals surface area contributed by atoms with Crippen LogP contribution in [0.1, 0.15) is 30.4 Å². The minimum Gasteiger partial charge on any atom is -0.469 e. The van der Waals surface area contributed by atoms with E-state index in [0.29, 0.717) is 12.5 Å². The van der Waals surface area contributed by atoms with E-state index >= 15 is 0 Å². The van der Waals surface area contributed by atoms with Crippen molar-refractivity contribution in [3.63, 3.8) is 0 Å². The third-order valence-electron chi connectivity index (χ3n) is 4.54. The van der Waals surface area contributed by atoms with Crippen molar-refractivity contribution in [3.8, 4) is 0 Å². The van der Waals surface area contributed by atoms with Crippen LogP contribution in [0.3, 0.4) is 0 Å². The molecule has 1 heterocycles. The van der Waals surface area contributed by atoms with Gasteiger partial charge in [-0.2, -0.15) is 0 Å². The maximum absolute atomic E-state index is 11.5. The van der Waals surface area contributed by atoms with Gasteiger partial charge in [-0.3, -0.25) is 9.69 Å². The number of nitrogens with one attached hydrogen (secondary N) is 1. The molecule has 2 aliphatic rings. The van der Waals surface area contributed by atoms with Crippen LogP contribution in [-0.2, 0) is 22.5 Å². The molecule has 1 saturated carbocycles. The number of methoxy groups -OCH3 is 1. The van der Waals surface area contributed by atoms with Gasteiger partial charge in [-0.25, -0.2) is 0 Å². The van der Waals surface area contributed by atoms with Crippen LogP contribution in [0.5, 0.6) is 0 Å². The maximum Gasteiger partial charge on any atom is 0.309 e. The van der Waals surface area contributed by atoms with E-state index < -0.39 is 0 Å². The van der Waals surface area contributed by atoms with E-state index in [1.807, 2.05) is 18.2 Å². The third kappa shape index (κ3) is 3.83. The van der Waals surface area contributed by atoms with Gasteiger partial charge in [0.1, 0.15) is 0 Å². The zero-order valence-corrected chi connectivity index (χ0v) is 12.7. The Morgan fingerprint density at radius 2 is 2.05 bits per heavy atom. The molecule has 1 atom stereocenters. The molecule has 3 rings (SSSR count). The second-order valence-corrected chi connectivity index (χ2v) is 6.11. The SMILES string of the molecule is COC(=O)Cc1ccccc1CNC1CCN(C2CC2)C1. The number of ether oxygens (including phenoxy) is 1. The normalized spacial score (nSPS) is 22.4. The Hall–Kier alpha value is -1.39. The second kappa shape index (κ2) is 6.58. The summed E-state index contributed by atoms with van der Waals surface area (Å²) in [6.45, 7) is 3.23. The van der Waals surface area contributed by atoms with Gasteiger partial charge in [0.25, 0.3) is 0 Å². The summed E-state index contributed by atoms with van der Waals surface area (Å²) in [6.07, 6.45) is 4.35. The van der Waals surface area contributed by atoms with Crippen LogP contribution in [0.15, 0.2) is 24.3 Å². The minimum absolute atomic E-state index is 0.178. The van der Waals surface area contributed by atoms with Crippen LogP contribution in [0.4, 0.5) is 0 Å². The number of carbonyl (C=O) groups excluding carboxylic acids is 1. The zero-order valence-electron chi connectivity index (χ0n) is 12.7. The van der Waals surface area contributed by atoms with E-state index in [1.54, 1.807) is 0 Å². The van der Waals surface area contributed by atoms with E-state index in [4.69, 9.17) is 4.74 Å². The Balaban J connectivity index is 1.53. The van der Waals surface area contributed by atoms with Gasteiger partial charge in [0, 0.05) is 31.7 Å². The molecular weight excluding hydrogens is 264 g/mol. The number of hydrogen-bond acceptors (Lipinski definition) is 4. The van der Waals surface area contributed by atoms with Gasteiger partial charge in [0.15, 0.2) is 0 Å². The molecule has 2 fully saturated rings. The van der Waals surface area contributed by atoms with Crippen molar-refractivity contribution in [3.05, 3.63) is 35.4 Å². The topological polar surface area (TPSA) is 41.6 Å². The van der Waals surface area contributed by atoms with Crippen LogP contribution >= 0.6 is 0 Å². The van der Waals surface area contributed by atoms with Gasteiger partial charge in [-0.05, 0) is 30.4 Å². The first-order chi connectivity index (χ1) is 10.3.